The smallest absolute Gasteiger partial charge is 0.145 e. The summed E-state index contributed by atoms with van der Waals surface area (Å²) in [5.74, 6) is 0.845. The summed E-state index contributed by atoms with van der Waals surface area (Å²) in [7, 11) is 6.08. The van der Waals surface area contributed by atoms with Crippen LogP contribution in [0.25, 0.3) is 10.9 Å². The predicted octanol–water partition coefficient (Wildman–Crippen LogP) is 2.38. The summed E-state index contributed by atoms with van der Waals surface area (Å²) in [6, 6.07) is 10.9. The van der Waals surface area contributed by atoms with Crippen molar-refractivity contribution in [3.8, 4) is 5.75 Å². The van der Waals surface area contributed by atoms with Crippen LogP contribution in [0.1, 0.15) is 12.1 Å². The lowest BCUT2D eigenvalue weighted by Gasteiger charge is -2.23. The van der Waals surface area contributed by atoms with E-state index in [0.29, 0.717) is 6.04 Å². The first-order chi connectivity index (χ1) is 10.2. The lowest BCUT2D eigenvalue weighted by molar-refractivity contribution is 0.232. The molecule has 3 rings (SSSR count). The molecule has 4 nitrogen and oxygen atoms in total. The Bertz CT molecular complexity index is 628. The Labute approximate surface area is 126 Å². The van der Waals surface area contributed by atoms with E-state index in [1.807, 2.05) is 12.1 Å². The number of methoxy groups -OCH3 is 1. The second-order valence-corrected chi connectivity index (χ2v) is 5.95. The van der Waals surface area contributed by atoms with E-state index in [4.69, 9.17) is 9.72 Å². The van der Waals surface area contributed by atoms with Crippen molar-refractivity contribution in [2.24, 2.45) is 0 Å². The van der Waals surface area contributed by atoms with Gasteiger partial charge in [-0.25, -0.2) is 4.98 Å². The maximum atomic E-state index is 5.42. The van der Waals surface area contributed by atoms with E-state index in [1.54, 1.807) is 7.11 Å². The summed E-state index contributed by atoms with van der Waals surface area (Å²) in [5.41, 5.74) is 2.05. The van der Waals surface area contributed by atoms with E-state index < -0.39 is 0 Å². The van der Waals surface area contributed by atoms with Crippen molar-refractivity contribution in [3.05, 3.63) is 36.0 Å². The lowest BCUT2D eigenvalue weighted by Crippen LogP contribution is -2.33. The van der Waals surface area contributed by atoms with Crippen LogP contribution in [0.5, 0.6) is 5.75 Å². The first kappa shape index (κ1) is 14.3. The number of likely N-dealkylation sites (N-methyl/N-ethyl adjacent to an activating group) is 2. The summed E-state index contributed by atoms with van der Waals surface area (Å²) < 4.78 is 5.42. The van der Waals surface area contributed by atoms with Gasteiger partial charge in [0.15, 0.2) is 0 Å². The second kappa shape index (κ2) is 6.00. The van der Waals surface area contributed by atoms with Crippen molar-refractivity contribution in [1.29, 1.82) is 0 Å². The first-order valence-electron chi connectivity index (χ1n) is 7.49. The molecular weight excluding hydrogens is 262 g/mol. The predicted molar refractivity (Wildman–Crippen MR) is 85.7 cm³/mol. The van der Waals surface area contributed by atoms with Crippen LogP contribution in [0.4, 0.5) is 0 Å². The van der Waals surface area contributed by atoms with E-state index in [1.165, 1.54) is 13.0 Å². The van der Waals surface area contributed by atoms with Crippen molar-refractivity contribution >= 4 is 10.9 Å². The molecular formula is C17H23N3O. The molecule has 0 N–H and O–H groups in total. The molecule has 0 amide bonds. The highest BCUT2D eigenvalue weighted by Crippen LogP contribution is 2.24. The van der Waals surface area contributed by atoms with E-state index in [9.17, 15) is 0 Å². The molecule has 1 saturated heterocycles. The average molecular weight is 285 g/mol. The molecule has 1 aromatic heterocycles. The third-order valence-corrected chi connectivity index (χ3v) is 4.36. The Hall–Kier alpha value is -1.65. The first-order valence-corrected chi connectivity index (χ1v) is 7.49. The van der Waals surface area contributed by atoms with Crippen LogP contribution in [0.3, 0.4) is 0 Å². The number of para-hydroxylation sites is 1. The van der Waals surface area contributed by atoms with Gasteiger partial charge in [0, 0.05) is 24.5 Å². The molecule has 2 heterocycles. The number of benzene rings is 1. The van der Waals surface area contributed by atoms with Gasteiger partial charge in [-0.15, -0.1) is 0 Å². The zero-order valence-corrected chi connectivity index (χ0v) is 13.0. The van der Waals surface area contributed by atoms with Crippen LogP contribution in [0.15, 0.2) is 30.3 Å². The molecule has 0 aliphatic carbocycles. The van der Waals surface area contributed by atoms with Crippen molar-refractivity contribution in [2.75, 3.05) is 34.3 Å². The minimum atomic E-state index is 0.630. The maximum absolute atomic E-state index is 5.42. The second-order valence-electron chi connectivity index (χ2n) is 5.95. The summed E-state index contributed by atoms with van der Waals surface area (Å²) in [6.45, 7) is 3.22. The normalized spacial score (nSPS) is 19.5. The fourth-order valence-electron chi connectivity index (χ4n) is 3.07. The fourth-order valence-corrected chi connectivity index (χ4v) is 3.07. The molecule has 0 bridgehead atoms. The van der Waals surface area contributed by atoms with Gasteiger partial charge in [-0.3, -0.25) is 4.90 Å². The maximum Gasteiger partial charge on any atom is 0.145 e. The van der Waals surface area contributed by atoms with Crippen LogP contribution < -0.4 is 4.74 Å². The standard InChI is InChI=1S/C17H23N3O/c1-19-10-9-15(12-19)20(2)11-14-8-7-13-5-4-6-16(21-3)17(13)18-14/h4-8,15H,9-12H2,1-3H3/t15-/m0/s1. The summed E-state index contributed by atoms with van der Waals surface area (Å²) >= 11 is 0. The van der Waals surface area contributed by atoms with Gasteiger partial charge in [0.05, 0.1) is 12.8 Å². The number of nitrogens with zero attached hydrogens (tertiary/aromatic N) is 3. The number of hydrogen-bond acceptors (Lipinski definition) is 4. The van der Waals surface area contributed by atoms with Crippen molar-refractivity contribution < 1.29 is 4.74 Å². The van der Waals surface area contributed by atoms with Gasteiger partial charge < -0.3 is 9.64 Å². The third-order valence-electron chi connectivity index (χ3n) is 4.36. The van der Waals surface area contributed by atoms with Gasteiger partial charge in [0.25, 0.3) is 0 Å². The molecule has 4 heteroatoms. The van der Waals surface area contributed by atoms with E-state index >= 15 is 0 Å². The molecule has 1 atom stereocenters. The number of hydrogen-bond donors (Lipinski definition) is 0. The van der Waals surface area contributed by atoms with E-state index in [-0.39, 0.29) is 0 Å². The molecule has 1 aliphatic heterocycles. The van der Waals surface area contributed by atoms with E-state index in [2.05, 4.69) is 42.1 Å². The molecule has 0 radical (unpaired) electrons. The molecule has 0 spiro atoms. The van der Waals surface area contributed by atoms with Gasteiger partial charge in [-0.05, 0) is 39.2 Å². The molecule has 0 unspecified atom stereocenters. The highest BCUT2D eigenvalue weighted by molar-refractivity contribution is 5.84. The van der Waals surface area contributed by atoms with Crippen LogP contribution in [-0.2, 0) is 6.54 Å². The topological polar surface area (TPSA) is 28.6 Å². The van der Waals surface area contributed by atoms with Gasteiger partial charge in [-0.1, -0.05) is 18.2 Å². The molecule has 2 aromatic rings. The third kappa shape index (κ3) is 3.01. The van der Waals surface area contributed by atoms with Crippen LogP contribution in [0, 0.1) is 0 Å². The van der Waals surface area contributed by atoms with E-state index in [0.717, 1.165) is 35.4 Å². The zero-order valence-electron chi connectivity index (χ0n) is 13.0. The quantitative estimate of drug-likeness (QED) is 0.862. The Kier molecular flexibility index (Phi) is 4.08. The SMILES string of the molecule is COc1cccc2ccc(CN(C)[C@H]3CCN(C)C3)nc12. The van der Waals surface area contributed by atoms with Gasteiger partial charge in [-0.2, -0.15) is 0 Å². The van der Waals surface area contributed by atoms with Gasteiger partial charge in [0.2, 0.25) is 0 Å². The number of likely N-dealkylation sites (tertiary alicyclic amines) is 1. The molecule has 1 aliphatic rings. The number of aromatic nitrogens is 1. The Morgan fingerprint density at radius 1 is 1.33 bits per heavy atom. The minimum Gasteiger partial charge on any atom is -0.494 e. The average Bonchev–Trinajstić information content (AvgIpc) is 2.93. The van der Waals surface area contributed by atoms with Crippen molar-refractivity contribution in [1.82, 2.24) is 14.8 Å². The Balaban J connectivity index is 1.81. The molecule has 1 aromatic carbocycles. The number of pyridine rings is 1. The summed E-state index contributed by atoms with van der Waals surface area (Å²) in [6.07, 6.45) is 1.24. The molecule has 112 valence electrons. The van der Waals surface area contributed by atoms with Crippen molar-refractivity contribution in [3.63, 3.8) is 0 Å². The van der Waals surface area contributed by atoms with Gasteiger partial charge >= 0.3 is 0 Å². The minimum absolute atomic E-state index is 0.630. The lowest BCUT2D eigenvalue weighted by atomic mass is 10.1. The fraction of sp³-hybridized carbons (Fsp3) is 0.471. The Morgan fingerprint density at radius 3 is 2.90 bits per heavy atom. The largest absolute Gasteiger partial charge is 0.494 e. The summed E-state index contributed by atoms with van der Waals surface area (Å²) in [5, 5.41) is 1.13. The van der Waals surface area contributed by atoms with Crippen LogP contribution in [-0.4, -0.2) is 55.1 Å². The highest BCUT2D eigenvalue weighted by atomic mass is 16.5. The Morgan fingerprint density at radius 2 is 2.19 bits per heavy atom. The van der Waals surface area contributed by atoms with Crippen LogP contribution >= 0.6 is 0 Å². The number of fused-ring (bicyclic) bond motifs is 1. The molecule has 21 heavy (non-hydrogen) atoms. The van der Waals surface area contributed by atoms with Crippen LogP contribution in [0.2, 0.25) is 0 Å². The monoisotopic (exact) mass is 285 g/mol. The highest BCUT2D eigenvalue weighted by Gasteiger charge is 2.23. The number of rotatable bonds is 4. The molecule has 1 fully saturated rings. The summed E-state index contributed by atoms with van der Waals surface area (Å²) in [4.78, 5) is 9.59. The van der Waals surface area contributed by atoms with Crippen molar-refractivity contribution in [2.45, 2.75) is 19.0 Å². The number of ether oxygens (including phenoxy) is 1. The van der Waals surface area contributed by atoms with Gasteiger partial charge in [0.1, 0.15) is 11.3 Å². The molecule has 0 saturated carbocycles. The zero-order chi connectivity index (χ0) is 14.8.